The summed E-state index contributed by atoms with van der Waals surface area (Å²) in [7, 11) is 0. The largest absolute Gasteiger partial charge is 0.394 e. The predicted octanol–water partition coefficient (Wildman–Crippen LogP) is 2.10. The van der Waals surface area contributed by atoms with E-state index in [2.05, 4.69) is 31.2 Å². The van der Waals surface area contributed by atoms with Crippen LogP contribution < -0.4 is 15.1 Å². The number of aliphatic hydroxyl groups is 1. The van der Waals surface area contributed by atoms with Crippen LogP contribution in [0.3, 0.4) is 0 Å². The maximum absolute atomic E-state index is 12.5. The van der Waals surface area contributed by atoms with Gasteiger partial charge in [0.2, 0.25) is 5.91 Å². The number of amides is 1. The lowest BCUT2D eigenvalue weighted by Gasteiger charge is -2.34. The van der Waals surface area contributed by atoms with Gasteiger partial charge in [-0.25, -0.2) is 9.97 Å². The van der Waals surface area contributed by atoms with Crippen molar-refractivity contribution in [3.8, 4) is 0 Å². The molecular formula is C21H33N5O2. The third-order valence-corrected chi connectivity index (χ3v) is 6.66. The van der Waals surface area contributed by atoms with Gasteiger partial charge in [0.25, 0.3) is 0 Å². The van der Waals surface area contributed by atoms with E-state index in [1.54, 1.807) is 6.33 Å². The van der Waals surface area contributed by atoms with E-state index in [0.29, 0.717) is 0 Å². The molecule has 2 N–H and O–H groups in total. The van der Waals surface area contributed by atoms with E-state index in [9.17, 15) is 9.90 Å². The fraction of sp³-hybridized carbons (Fsp3) is 0.762. The van der Waals surface area contributed by atoms with Gasteiger partial charge in [-0.05, 0) is 38.5 Å². The predicted molar refractivity (Wildman–Crippen MR) is 109 cm³/mol. The average molecular weight is 388 g/mol. The SMILES string of the molecule is O=C(NC1CCN(c2cc(N3CCCC3CO)ncn2)CC1)C1CCCCC1. The maximum atomic E-state index is 12.5. The summed E-state index contributed by atoms with van der Waals surface area (Å²) < 4.78 is 0. The lowest BCUT2D eigenvalue weighted by atomic mass is 9.88. The van der Waals surface area contributed by atoms with Gasteiger partial charge in [-0.15, -0.1) is 0 Å². The second kappa shape index (κ2) is 9.07. The van der Waals surface area contributed by atoms with E-state index >= 15 is 0 Å². The number of hydrogen-bond donors (Lipinski definition) is 2. The summed E-state index contributed by atoms with van der Waals surface area (Å²) in [5.41, 5.74) is 0. The van der Waals surface area contributed by atoms with Gasteiger partial charge in [0.1, 0.15) is 18.0 Å². The molecule has 4 rings (SSSR count). The second-order valence-corrected chi connectivity index (χ2v) is 8.51. The quantitative estimate of drug-likeness (QED) is 0.805. The van der Waals surface area contributed by atoms with Gasteiger partial charge in [0.15, 0.2) is 0 Å². The molecule has 2 aliphatic heterocycles. The van der Waals surface area contributed by atoms with Gasteiger partial charge in [0, 0.05) is 37.7 Å². The van der Waals surface area contributed by atoms with E-state index in [4.69, 9.17) is 0 Å². The number of hydrogen-bond acceptors (Lipinski definition) is 6. The van der Waals surface area contributed by atoms with Crippen molar-refractivity contribution in [2.24, 2.45) is 5.92 Å². The number of aliphatic hydroxyl groups excluding tert-OH is 1. The molecule has 154 valence electrons. The standard InChI is InChI=1S/C21H33N5O2/c27-14-18-7-4-10-26(18)20-13-19(22-15-23-20)25-11-8-17(9-12-25)24-21(28)16-5-2-1-3-6-16/h13,15-18,27H,1-12,14H2,(H,24,28). The minimum Gasteiger partial charge on any atom is -0.394 e. The third kappa shape index (κ3) is 4.40. The molecule has 1 saturated carbocycles. The summed E-state index contributed by atoms with van der Waals surface area (Å²) >= 11 is 0. The highest BCUT2D eigenvalue weighted by molar-refractivity contribution is 5.79. The molecule has 1 unspecified atom stereocenters. The molecule has 7 heteroatoms. The summed E-state index contributed by atoms with van der Waals surface area (Å²) in [4.78, 5) is 25.9. The highest BCUT2D eigenvalue weighted by Gasteiger charge is 2.28. The molecule has 2 saturated heterocycles. The van der Waals surface area contributed by atoms with Gasteiger partial charge in [-0.1, -0.05) is 19.3 Å². The first-order valence-corrected chi connectivity index (χ1v) is 11.0. The zero-order valence-electron chi connectivity index (χ0n) is 16.7. The Hall–Kier alpha value is -1.89. The van der Waals surface area contributed by atoms with Crippen molar-refractivity contribution in [3.63, 3.8) is 0 Å². The van der Waals surface area contributed by atoms with Crippen LogP contribution in [-0.2, 0) is 4.79 Å². The number of rotatable bonds is 5. The van der Waals surface area contributed by atoms with Gasteiger partial charge < -0.3 is 20.2 Å². The second-order valence-electron chi connectivity index (χ2n) is 8.51. The fourth-order valence-electron chi connectivity index (χ4n) is 4.93. The minimum absolute atomic E-state index is 0.170. The lowest BCUT2D eigenvalue weighted by Crippen LogP contribution is -2.46. The van der Waals surface area contributed by atoms with Gasteiger partial charge >= 0.3 is 0 Å². The first-order valence-electron chi connectivity index (χ1n) is 11.0. The van der Waals surface area contributed by atoms with Crippen LogP contribution in [0.25, 0.3) is 0 Å². The molecule has 0 aromatic carbocycles. The van der Waals surface area contributed by atoms with E-state index < -0.39 is 0 Å². The zero-order chi connectivity index (χ0) is 19.3. The highest BCUT2D eigenvalue weighted by atomic mass is 16.3. The lowest BCUT2D eigenvalue weighted by molar-refractivity contribution is -0.126. The van der Waals surface area contributed by atoms with Gasteiger partial charge in [-0.2, -0.15) is 0 Å². The van der Waals surface area contributed by atoms with Crippen molar-refractivity contribution in [2.45, 2.75) is 69.9 Å². The molecular weight excluding hydrogens is 354 g/mol. The Balaban J connectivity index is 1.31. The van der Waals surface area contributed by atoms with Crippen molar-refractivity contribution in [2.75, 3.05) is 36.0 Å². The summed E-state index contributed by atoms with van der Waals surface area (Å²) in [5.74, 6) is 2.36. The van der Waals surface area contributed by atoms with E-state index in [1.807, 2.05) is 0 Å². The number of carbonyl (C=O) groups is 1. The van der Waals surface area contributed by atoms with E-state index in [1.165, 1.54) is 19.3 Å². The summed E-state index contributed by atoms with van der Waals surface area (Å²) in [5, 5.41) is 12.9. The first kappa shape index (κ1) is 19.4. The summed E-state index contributed by atoms with van der Waals surface area (Å²) in [6.07, 6.45) is 11.4. The van der Waals surface area contributed by atoms with Crippen LogP contribution in [0.15, 0.2) is 12.4 Å². The molecule has 0 radical (unpaired) electrons. The topological polar surface area (TPSA) is 81.6 Å². The molecule has 0 spiro atoms. The monoisotopic (exact) mass is 387 g/mol. The number of carbonyl (C=O) groups excluding carboxylic acids is 1. The van der Waals surface area contributed by atoms with Crippen LogP contribution in [0.2, 0.25) is 0 Å². The Morgan fingerprint density at radius 1 is 1.00 bits per heavy atom. The van der Waals surface area contributed by atoms with Crippen LogP contribution in [0.1, 0.15) is 57.8 Å². The summed E-state index contributed by atoms with van der Waals surface area (Å²) in [6.45, 7) is 2.91. The number of nitrogens with one attached hydrogen (secondary N) is 1. The highest BCUT2D eigenvalue weighted by Crippen LogP contribution is 2.27. The number of nitrogens with zero attached hydrogens (tertiary/aromatic N) is 4. The van der Waals surface area contributed by atoms with Gasteiger partial charge in [0.05, 0.1) is 12.6 Å². The molecule has 7 nitrogen and oxygen atoms in total. The molecule has 0 bridgehead atoms. The minimum atomic E-state index is 0.170. The molecule has 1 atom stereocenters. The van der Waals surface area contributed by atoms with Crippen molar-refractivity contribution < 1.29 is 9.90 Å². The Labute approximate surface area is 167 Å². The third-order valence-electron chi connectivity index (χ3n) is 6.66. The van der Waals surface area contributed by atoms with Crippen molar-refractivity contribution >= 4 is 17.5 Å². The number of anilines is 2. The Kier molecular flexibility index (Phi) is 6.29. The Morgan fingerprint density at radius 2 is 1.75 bits per heavy atom. The smallest absolute Gasteiger partial charge is 0.223 e. The van der Waals surface area contributed by atoms with Crippen LogP contribution in [0.5, 0.6) is 0 Å². The Morgan fingerprint density at radius 3 is 2.50 bits per heavy atom. The summed E-state index contributed by atoms with van der Waals surface area (Å²) in [6, 6.07) is 2.50. The van der Waals surface area contributed by atoms with Gasteiger partial charge in [-0.3, -0.25) is 4.79 Å². The average Bonchev–Trinajstić information content (AvgIpc) is 3.24. The van der Waals surface area contributed by atoms with E-state index in [0.717, 1.165) is 69.8 Å². The van der Waals surface area contributed by atoms with Crippen LogP contribution in [0.4, 0.5) is 11.6 Å². The van der Waals surface area contributed by atoms with Crippen LogP contribution >= 0.6 is 0 Å². The van der Waals surface area contributed by atoms with Crippen LogP contribution in [-0.4, -0.2) is 59.3 Å². The molecule has 1 amide bonds. The molecule has 3 fully saturated rings. The number of piperidine rings is 1. The molecule has 3 aliphatic rings. The molecule has 1 aromatic rings. The van der Waals surface area contributed by atoms with Crippen molar-refractivity contribution in [3.05, 3.63) is 12.4 Å². The normalized spacial score (nSPS) is 24.5. The van der Waals surface area contributed by atoms with Crippen LogP contribution in [0, 0.1) is 5.92 Å². The molecule has 3 heterocycles. The van der Waals surface area contributed by atoms with Crippen molar-refractivity contribution in [1.82, 2.24) is 15.3 Å². The Bertz CT molecular complexity index is 656. The zero-order valence-corrected chi connectivity index (χ0v) is 16.7. The van der Waals surface area contributed by atoms with Crippen molar-refractivity contribution in [1.29, 1.82) is 0 Å². The first-order chi connectivity index (χ1) is 13.7. The molecule has 1 aliphatic carbocycles. The number of aromatic nitrogens is 2. The van der Waals surface area contributed by atoms with E-state index in [-0.39, 0.29) is 30.5 Å². The molecule has 28 heavy (non-hydrogen) atoms. The molecule has 1 aromatic heterocycles. The fourth-order valence-corrected chi connectivity index (χ4v) is 4.93. The maximum Gasteiger partial charge on any atom is 0.223 e.